The van der Waals surface area contributed by atoms with Crippen LogP contribution >= 0.6 is 12.4 Å². The van der Waals surface area contributed by atoms with E-state index in [0.717, 1.165) is 25.7 Å². The average molecular weight is 404 g/mol. The van der Waals surface area contributed by atoms with Crippen LogP contribution in [0.5, 0.6) is 5.75 Å². The predicted octanol–water partition coefficient (Wildman–Crippen LogP) is 1.38. The average Bonchev–Trinajstić information content (AvgIpc) is 3.43. The lowest BCUT2D eigenvalue weighted by molar-refractivity contribution is 0.0698. The number of nitrogens with zero attached hydrogens (tertiary/aromatic N) is 1. The van der Waals surface area contributed by atoms with Crippen LogP contribution in [0.15, 0.2) is 23.1 Å². The van der Waals surface area contributed by atoms with Crippen LogP contribution < -0.4 is 14.8 Å². The molecule has 3 rings (SSSR count). The lowest BCUT2D eigenvalue weighted by Crippen LogP contribution is -2.47. The first-order chi connectivity index (χ1) is 11.9. The highest BCUT2D eigenvalue weighted by Gasteiger charge is 2.31. The number of ether oxygens (including phenoxy) is 1. The molecule has 1 heterocycles. The van der Waals surface area contributed by atoms with E-state index in [1.165, 1.54) is 13.2 Å². The fraction of sp³-hybridized carbons (Fsp3) is 0.588. The van der Waals surface area contributed by atoms with Crippen molar-refractivity contribution >= 4 is 28.3 Å². The molecule has 2 aliphatic rings. The Morgan fingerprint density at radius 1 is 1.23 bits per heavy atom. The van der Waals surface area contributed by atoms with E-state index in [2.05, 4.69) is 10.0 Å². The molecule has 1 unspecified atom stereocenters. The van der Waals surface area contributed by atoms with Crippen molar-refractivity contribution in [1.82, 2.24) is 14.9 Å². The predicted molar refractivity (Wildman–Crippen MR) is 102 cm³/mol. The van der Waals surface area contributed by atoms with Crippen LogP contribution in [0.4, 0.5) is 0 Å². The van der Waals surface area contributed by atoms with Crippen LogP contribution in [0, 0.1) is 0 Å². The van der Waals surface area contributed by atoms with Gasteiger partial charge >= 0.3 is 0 Å². The van der Waals surface area contributed by atoms with Crippen molar-refractivity contribution in [3.63, 3.8) is 0 Å². The Kier molecular flexibility index (Phi) is 6.90. The highest BCUT2D eigenvalue weighted by Crippen LogP contribution is 2.29. The number of nitrogens with one attached hydrogen (secondary N) is 2. The second-order valence-electron chi connectivity index (χ2n) is 6.64. The van der Waals surface area contributed by atoms with Gasteiger partial charge in [-0.25, -0.2) is 13.1 Å². The Morgan fingerprint density at radius 3 is 2.58 bits per heavy atom. The summed E-state index contributed by atoms with van der Waals surface area (Å²) >= 11 is 0. The minimum Gasteiger partial charge on any atom is -0.495 e. The van der Waals surface area contributed by atoms with Crippen LogP contribution in [0.1, 0.15) is 36.0 Å². The van der Waals surface area contributed by atoms with E-state index in [1.807, 2.05) is 7.05 Å². The molecule has 1 saturated heterocycles. The molecule has 0 radical (unpaired) electrons. The Hall–Kier alpha value is -1.35. The van der Waals surface area contributed by atoms with Gasteiger partial charge < -0.3 is 15.0 Å². The zero-order chi connectivity index (χ0) is 18.0. The van der Waals surface area contributed by atoms with Gasteiger partial charge in [-0.3, -0.25) is 4.79 Å². The van der Waals surface area contributed by atoms with Gasteiger partial charge in [0.2, 0.25) is 10.0 Å². The first-order valence-electron chi connectivity index (χ1n) is 8.61. The van der Waals surface area contributed by atoms with E-state index < -0.39 is 10.0 Å². The van der Waals surface area contributed by atoms with Crippen LogP contribution in [0.3, 0.4) is 0 Å². The number of benzene rings is 1. The second-order valence-corrected chi connectivity index (χ2v) is 8.32. The number of halogens is 1. The molecular formula is C17H26ClN3O4S. The molecule has 9 heteroatoms. The number of carbonyl (C=O) groups is 1. The number of amides is 1. The largest absolute Gasteiger partial charge is 0.495 e. The number of hydrogen-bond acceptors (Lipinski definition) is 5. The van der Waals surface area contributed by atoms with E-state index in [-0.39, 0.29) is 41.0 Å². The third-order valence-corrected chi connectivity index (χ3v) is 6.26. The summed E-state index contributed by atoms with van der Waals surface area (Å²) in [5.41, 5.74) is 0.369. The molecule has 0 spiro atoms. The van der Waals surface area contributed by atoms with E-state index in [4.69, 9.17) is 4.74 Å². The fourth-order valence-electron chi connectivity index (χ4n) is 3.08. The van der Waals surface area contributed by atoms with Crippen molar-refractivity contribution < 1.29 is 17.9 Å². The van der Waals surface area contributed by atoms with Gasteiger partial charge in [-0.1, -0.05) is 0 Å². The molecule has 1 amide bonds. The van der Waals surface area contributed by atoms with Gasteiger partial charge in [-0.15, -0.1) is 12.4 Å². The number of carbonyl (C=O) groups excluding carboxylic acids is 1. The number of likely N-dealkylation sites (tertiary alicyclic amines) is 1. The molecular weight excluding hydrogens is 378 g/mol. The van der Waals surface area contributed by atoms with Gasteiger partial charge in [0.1, 0.15) is 10.6 Å². The van der Waals surface area contributed by atoms with Gasteiger partial charge in [-0.2, -0.15) is 0 Å². The van der Waals surface area contributed by atoms with Crippen LogP contribution in [-0.2, 0) is 10.0 Å². The Balaban J connectivity index is 0.00000243. The first-order valence-corrected chi connectivity index (χ1v) is 10.1. The number of rotatable bonds is 6. The molecule has 7 nitrogen and oxygen atoms in total. The van der Waals surface area contributed by atoms with E-state index in [0.29, 0.717) is 18.7 Å². The summed E-state index contributed by atoms with van der Waals surface area (Å²) in [6.07, 6.45) is 3.66. The third kappa shape index (κ3) is 4.68. The fourth-order valence-corrected chi connectivity index (χ4v) is 4.58. The molecule has 2 fully saturated rings. The Morgan fingerprint density at radius 2 is 1.96 bits per heavy atom. The summed E-state index contributed by atoms with van der Waals surface area (Å²) in [6.45, 7) is 1.31. The summed E-state index contributed by atoms with van der Waals surface area (Å²) < 4.78 is 33.0. The van der Waals surface area contributed by atoms with Crippen LogP contribution in [-0.4, -0.2) is 58.6 Å². The zero-order valence-corrected chi connectivity index (χ0v) is 16.7. The molecule has 0 aromatic heterocycles. The molecule has 1 aliphatic carbocycles. The van der Waals surface area contributed by atoms with Gasteiger partial charge in [0.15, 0.2) is 0 Å². The molecule has 26 heavy (non-hydrogen) atoms. The minimum absolute atomic E-state index is 0. The molecule has 1 aliphatic heterocycles. The van der Waals surface area contributed by atoms with Crippen molar-refractivity contribution in [3.05, 3.63) is 23.8 Å². The summed E-state index contributed by atoms with van der Waals surface area (Å²) in [5, 5.41) is 3.20. The number of likely N-dealkylation sites (N-methyl/N-ethyl adjacent to an activating group) is 1. The van der Waals surface area contributed by atoms with Crippen LogP contribution in [0.25, 0.3) is 0 Å². The van der Waals surface area contributed by atoms with E-state index in [9.17, 15) is 13.2 Å². The normalized spacial score (nSPS) is 20.4. The molecule has 1 saturated carbocycles. The van der Waals surface area contributed by atoms with Crippen molar-refractivity contribution in [3.8, 4) is 5.75 Å². The molecule has 1 atom stereocenters. The minimum atomic E-state index is -3.70. The number of hydrogen-bond donors (Lipinski definition) is 2. The molecule has 1 aromatic carbocycles. The zero-order valence-electron chi connectivity index (χ0n) is 15.0. The maximum atomic E-state index is 12.8. The molecule has 1 aromatic rings. The topological polar surface area (TPSA) is 87.7 Å². The van der Waals surface area contributed by atoms with Gasteiger partial charge in [0.25, 0.3) is 5.91 Å². The lowest BCUT2D eigenvalue weighted by Gasteiger charge is -2.32. The maximum Gasteiger partial charge on any atom is 0.253 e. The molecule has 2 N–H and O–H groups in total. The number of sulfonamides is 1. The van der Waals surface area contributed by atoms with Crippen molar-refractivity contribution in [2.45, 2.75) is 42.7 Å². The molecule has 0 bridgehead atoms. The highest BCUT2D eigenvalue weighted by molar-refractivity contribution is 7.89. The number of methoxy groups -OCH3 is 1. The summed E-state index contributed by atoms with van der Waals surface area (Å²) in [4.78, 5) is 14.6. The van der Waals surface area contributed by atoms with Crippen molar-refractivity contribution in [2.75, 3.05) is 27.2 Å². The summed E-state index contributed by atoms with van der Waals surface area (Å²) in [5.74, 6) is 0.0990. The van der Waals surface area contributed by atoms with Crippen molar-refractivity contribution in [2.24, 2.45) is 0 Å². The summed E-state index contributed by atoms with van der Waals surface area (Å²) in [6, 6.07) is 4.87. The second kappa shape index (κ2) is 8.56. The maximum absolute atomic E-state index is 12.8. The Bertz CT molecular complexity index is 752. The van der Waals surface area contributed by atoms with Crippen LogP contribution in [0.2, 0.25) is 0 Å². The Labute approximate surface area is 160 Å². The highest BCUT2D eigenvalue weighted by atomic mass is 35.5. The summed E-state index contributed by atoms with van der Waals surface area (Å²) in [7, 11) is -0.385. The first kappa shape index (κ1) is 21.0. The third-order valence-electron chi connectivity index (χ3n) is 4.72. The van der Waals surface area contributed by atoms with Gasteiger partial charge in [0.05, 0.1) is 7.11 Å². The van der Waals surface area contributed by atoms with Gasteiger partial charge in [0, 0.05) is 30.7 Å². The van der Waals surface area contributed by atoms with E-state index >= 15 is 0 Å². The van der Waals surface area contributed by atoms with Gasteiger partial charge in [-0.05, 0) is 50.9 Å². The lowest BCUT2D eigenvalue weighted by atomic mass is 10.0. The molecule has 146 valence electrons. The van der Waals surface area contributed by atoms with Crippen molar-refractivity contribution in [1.29, 1.82) is 0 Å². The van der Waals surface area contributed by atoms with E-state index in [1.54, 1.807) is 17.0 Å². The monoisotopic (exact) mass is 403 g/mol. The SMILES string of the molecule is CNC1CCCN(C(=O)c2ccc(OC)c(S(=O)(=O)NC3CC3)c2)C1.Cl. The smallest absolute Gasteiger partial charge is 0.253 e. The quantitative estimate of drug-likeness (QED) is 0.749. The standard InChI is InChI=1S/C17H25N3O4S.ClH/c1-18-14-4-3-9-20(11-14)17(21)12-5-8-15(24-2)16(10-12)25(22,23)19-13-6-7-13;/h5,8,10,13-14,18-19H,3-4,6-7,9,11H2,1-2H3;1H. The number of piperidine rings is 1.